The molecule has 0 N–H and O–H groups in total. The van der Waals surface area contributed by atoms with Crippen molar-refractivity contribution in [2.45, 2.75) is 56.9 Å². The molecular weight excluding hydrogens is 320 g/mol. The highest BCUT2D eigenvalue weighted by molar-refractivity contribution is 5.87. The van der Waals surface area contributed by atoms with Crippen molar-refractivity contribution in [2.24, 2.45) is 0 Å². The van der Waals surface area contributed by atoms with Gasteiger partial charge < -0.3 is 14.2 Å². The highest BCUT2D eigenvalue weighted by Crippen LogP contribution is 2.38. The quantitative estimate of drug-likeness (QED) is 0.828. The predicted octanol–water partition coefficient (Wildman–Crippen LogP) is 1.73. The van der Waals surface area contributed by atoms with E-state index in [0.29, 0.717) is 24.2 Å². The third kappa shape index (κ3) is 3.19. The first-order chi connectivity index (χ1) is 12.2. The summed E-state index contributed by atoms with van der Waals surface area (Å²) in [7, 11) is 0. The van der Waals surface area contributed by atoms with E-state index in [4.69, 9.17) is 9.26 Å². The fourth-order valence-corrected chi connectivity index (χ4v) is 4.71. The molecule has 25 heavy (non-hydrogen) atoms. The van der Waals surface area contributed by atoms with E-state index < -0.39 is 0 Å². The van der Waals surface area contributed by atoms with Gasteiger partial charge in [-0.3, -0.25) is 9.69 Å². The molecule has 0 bridgehead atoms. The molecule has 1 unspecified atom stereocenters. The molecule has 0 radical (unpaired) electrons. The monoisotopic (exact) mass is 348 g/mol. The van der Waals surface area contributed by atoms with Gasteiger partial charge in [-0.05, 0) is 26.2 Å². The van der Waals surface area contributed by atoms with E-state index in [1.165, 1.54) is 6.42 Å². The Balaban J connectivity index is 1.50. The van der Waals surface area contributed by atoms with E-state index >= 15 is 0 Å². The van der Waals surface area contributed by atoms with Gasteiger partial charge in [0.15, 0.2) is 5.82 Å². The zero-order chi connectivity index (χ0) is 17.3. The second-order valence-electron chi connectivity index (χ2n) is 7.61. The van der Waals surface area contributed by atoms with Crippen molar-refractivity contribution in [3.63, 3.8) is 0 Å². The van der Waals surface area contributed by atoms with Gasteiger partial charge in [-0.25, -0.2) is 0 Å². The topological polar surface area (TPSA) is 71.7 Å². The summed E-state index contributed by atoms with van der Waals surface area (Å²) in [4.78, 5) is 22.4. The second kappa shape index (κ2) is 7.03. The number of ether oxygens (including phenoxy) is 1. The van der Waals surface area contributed by atoms with E-state index in [0.717, 1.165) is 65.0 Å². The molecule has 2 saturated heterocycles. The average Bonchev–Trinajstić information content (AvgIpc) is 3.31. The number of morpholine rings is 1. The summed E-state index contributed by atoms with van der Waals surface area (Å²) in [5, 5.41) is 3.90. The number of aryl methyl sites for hydroxylation is 1. The van der Waals surface area contributed by atoms with Crippen LogP contribution in [-0.2, 0) is 9.53 Å². The van der Waals surface area contributed by atoms with Gasteiger partial charge in [0, 0.05) is 26.2 Å². The van der Waals surface area contributed by atoms with Crippen molar-refractivity contribution in [2.75, 3.05) is 39.4 Å². The minimum atomic E-state index is -0.318. The Labute approximate surface area is 148 Å². The van der Waals surface area contributed by atoms with Gasteiger partial charge in [0.05, 0.1) is 19.1 Å². The van der Waals surface area contributed by atoms with E-state index in [1.807, 2.05) is 11.8 Å². The van der Waals surface area contributed by atoms with Gasteiger partial charge in [-0.15, -0.1) is 0 Å². The Hall–Kier alpha value is -1.47. The number of carbonyl (C=O) groups excluding carboxylic acids is 1. The van der Waals surface area contributed by atoms with Crippen molar-refractivity contribution in [3.05, 3.63) is 11.7 Å². The first-order valence-corrected chi connectivity index (χ1v) is 9.61. The number of rotatable bonds is 3. The summed E-state index contributed by atoms with van der Waals surface area (Å²) in [6, 6.07) is 0. The summed E-state index contributed by atoms with van der Waals surface area (Å²) >= 11 is 0. The van der Waals surface area contributed by atoms with Gasteiger partial charge in [-0.2, -0.15) is 4.98 Å². The molecule has 138 valence electrons. The lowest BCUT2D eigenvalue weighted by Crippen LogP contribution is -2.62. The fourth-order valence-electron chi connectivity index (χ4n) is 4.71. The van der Waals surface area contributed by atoms with Gasteiger partial charge in [-0.1, -0.05) is 24.4 Å². The fraction of sp³-hybridized carbons (Fsp3) is 0.833. The predicted molar refractivity (Wildman–Crippen MR) is 91.2 cm³/mol. The number of likely N-dealkylation sites (tertiary alicyclic amines) is 1. The highest BCUT2D eigenvalue weighted by atomic mass is 16.5. The summed E-state index contributed by atoms with van der Waals surface area (Å²) < 4.78 is 10.9. The SMILES string of the molecule is Cc1noc(C2CCN(C(=O)C3(N4CCOCC4)CCCCC3)C2)n1. The number of hydrogen-bond acceptors (Lipinski definition) is 6. The lowest BCUT2D eigenvalue weighted by molar-refractivity contribution is -0.150. The van der Waals surface area contributed by atoms with Crippen molar-refractivity contribution in [3.8, 4) is 0 Å². The van der Waals surface area contributed by atoms with E-state index in [-0.39, 0.29) is 11.5 Å². The normalized spacial score (nSPS) is 27.6. The van der Waals surface area contributed by atoms with E-state index in [2.05, 4.69) is 15.0 Å². The van der Waals surface area contributed by atoms with Crippen LogP contribution in [-0.4, -0.2) is 70.8 Å². The molecule has 1 atom stereocenters. The number of carbonyl (C=O) groups is 1. The number of hydrogen-bond donors (Lipinski definition) is 0. The molecule has 7 nitrogen and oxygen atoms in total. The molecule has 0 aromatic carbocycles. The zero-order valence-electron chi connectivity index (χ0n) is 15.1. The van der Waals surface area contributed by atoms with Gasteiger partial charge in [0.1, 0.15) is 5.54 Å². The zero-order valence-corrected chi connectivity index (χ0v) is 15.1. The van der Waals surface area contributed by atoms with E-state index in [9.17, 15) is 4.79 Å². The van der Waals surface area contributed by atoms with Crippen molar-refractivity contribution in [1.29, 1.82) is 0 Å². The first-order valence-electron chi connectivity index (χ1n) is 9.61. The number of amides is 1. The van der Waals surface area contributed by atoms with Gasteiger partial charge in [0.25, 0.3) is 0 Å². The molecule has 3 aliphatic rings. The van der Waals surface area contributed by atoms with E-state index in [1.54, 1.807) is 0 Å². The van der Waals surface area contributed by atoms with Crippen LogP contribution in [0.5, 0.6) is 0 Å². The lowest BCUT2D eigenvalue weighted by atomic mass is 9.78. The van der Waals surface area contributed by atoms with Crippen LogP contribution in [0.1, 0.15) is 56.2 Å². The lowest BCUT2D eigenvalue weighted by Gasteiger charge is -2.48. The van der Waals surface area contributed by atoms with Crippen molar-refractivity contribution >= 4 is 5.91 Å². The molecule has 1 amide bonds. The molecule has 1 aromatic rings. The van der Waals surface area contributed by atoms with Crippen LogP contribution in [0.2, 0.25) is 0 Å². The molecule has 0 spiro atoms. The molecular formula is C18H28N4O3. The molecule has 2 aliphatic heterocycles. The molecule has 3 fully saturated rings. The summed E-state index contributed by atoms with van der Waals surface area (Å²) in [6.45, 7) is 6.53. The van der Waals surface area contributed by atoms with Crippen LogP contribution in [0.3, 0.4) is 0 Å². The van der Waals surface area contributed by atoms with Crippen LogP contribution in [0.4, 0.5) is 0 Å². The Morgan fingerprint density at radius 2 is 1.92 bits per heavy atom. The van der Waals surface area contributed by atoms with Gasteiger partial charge in [0.2, 0.25) is 11.8 Å². The number of nitrogens with zero attached hydrogens (tertiary/aromatic N) is 4. The molecule has 1 saturated carbocycles. The molecule has 3 heterocycles. The largest absolute Gasteiger partial charge is 0.379 e. The third-order valence-corrected chi connectivity index (χ3v) is 6.06. The van der Waals surface area contributed by atoms with Crippen LogP contribution in [0.15, 0.2) is 4.52 Å². The minimum absolute atomic E-state index is 0.176. The van der Waals surface area contributed by atoms with Crippen molar-refractivity contribution < 1.29 is 14.1 Å². The maximum Gasteiger partial charge on any atom is 0.243 e. The minimum Gasteiger partial charge on any atom is -0.379 e. The average molecular weight is 348 g/mol. The maximum atomic E-state index is 13.6. The van der Waals surface area contributed by atoms with Crippen LogP contribution >= 0.6 is 0 Å². The van der Waals surface area contributed by atoms with Gasteiger partial charge >= 0.3 is 0 Å². The molecule has 1 aromatic heterocycles. The molecule has 4 rings (SSSR count). The van der Waals surface area contributed by atoms with Crippen molar-refractivity contribution in [1.82, 2.24) is 19.9 Å². The standard InChI is InChI=1S/C18H28N4O3/c1-14-19-16(25-20-14)15-5-8-21(13-15)17(23)18(6-3-2-4-7-18)22-9-11-24-12-10-22/h15H,2-13H2,1H3. The summed E-state index contributed by atoms with van der Waals surface area (Å²) in [5.74, 6) is 1.83. The Morgan fingerprint density at radius 1 is 1.16 bits per heavy atom. The summed E-state index contributed by atoms with van der Waals surface area (Å²) in [6.07, 6.45) is 6.39. The third-order valence-electron chi connectivity index (χ3n) is 6.06. The maximum absolute atomic E-state index is 13.6. The Morgan fingerprint density at radius 3 is 2.60 bits per heavy atom. The van der Waals surface area contributed by atoms with Crippen LogP contribution in [0, 0.1) is 6.92 Å². The first kappa shape index (κ1) is 17.0. The van der Waals surface area contributed by atoms with Crippen LogP contribution in [0.25, 0.3) is 0 Å². The highest BCUT2D eigenvalue weighted by Gasteiger charge is 2.48. The second-order valence-corrected chi connectivity index (χ2v) is 7.61. The molecule has 7 heteroatoms. The summed E-state index contributed by atoms with van der Waals surface area (Å²) in [5.41, 5.74) is -0.318. The van der Waals surface area contributed by atoms with Crippen LogP contribution < -0.4 is 0 Å². The Kier molecular flexibility index (Phi) is 4.78. The number of aromatic nitrogens is 2. The smallest absolute Gasteiger partial charge is 0.243 e. The molecule has 1 aliphatic carbocycles. The Bertz CT molecular complexity index is 605.